The third kappa shape index (κ3) is 6.66. The number of likely N-dealkylation sites (tertiary alicyclic amines) is 2. The molecule has 0 aliphatic carbocycles. The minimum atomic E-state index is -0.808. The van der Waals surface area contributed by atoms with E-state index < -0.39 is 11.4 Å². The number of carboxylic acid groups (broad SMARTS) is 1. The number of benzene rings is 3. The van der Waals surface area contributed by atoms with Crippen molar-refractivity contribution in [3.63, 3.8) is 0 Å². The van der Waals surface area contributed by atoms with Crippen molar-refractivity contribution in [2.75, 3.05) is 54.1 Å². The van der Waals surface area contributed by atoms with Crippen molar-refractivity contribution in [1.82, 2.24) is 9.80 Å². The summed E-state index contributed by atoms with van der Waals surface area (Å²) in [6.07, 6.45) is 4.24. The van der Waals surface area contributed by atoms with Gasteiger partial charge in [0.05, 0.1) is 36.8 Å². The van der Waals surface area contributed by atoms with Crippen LogP contribution in [0.3, 0.4) is 0 Å². The predicted octanol–water partition coefficient (Wildman–Crippen LogP) is 7.06. The molecular weight excluding hydrogens is 599 g/mol. The molecule has 2 aliphatic rings. The number of halogens is 2. The Labute approximate surface area is 270 Å². The number of hydrogen-bond acceptors (Lipinski definition) is 6. The molecule has 5 rings (SSSR count). The number of piperidine rings is 1. The van der Waals surface area contributed by atoms with Crippen LogP contribution >= 0.6 is 23.2 Å². The Bertz CT molecular complexity index is 1420. The van der Waals surface area contributed by atoms with Crippen LogP contribution in [0.5, 0.6) is 17.2 Å². The first-order valence-corrected chi connectivity index (χ1v) is 16.0. The summed E-state index contributed by atoms with van der Waals surface area (Å²) in [7, 11) is 4.89. The van der Waals surface area contributed by atoms with Crippen molar-refractivity contribution < 1.29 is 24.1 Å². The van der Waals surface area contributed by atoms with Crippen LogP contribution in [0.15, 0.2) is 60.7 Å². The number of nitrogens with zero attached hydrogens (tertiary/aromatic N) is 2. The molecule has 0 amide bonds. The van der Waals surface area contributed by atoms with E-state index in [1.165, 1.54) is 5.56 Å². The normalized spacial score (nSPS) is 20.4. The van der Waals surface area contributed by atoms with Crippen molar-refractivity contribution in [2.45, 2.75) is 49.5 Å². The molecule has 0 bridgehead atoms. The largest absolute Gasteiger partial charge is 0.493 e. The van der Waals surface area contributed by atoms with E-state index in [0.29, 0.717) is 40.1 Å². The lowest BCUT2D eigenvalue weighted by molar-refractivity contribution is -0.146. The first kappa shape index (κ1) is 32.4. The summed E-state index contributed by atoms with van der Waals surface area (Å²) in [4.78, 5) is 17.3. The van der Waals surface area contributed by atoms with Gasteiger partial charge in [-0.1, -0.05) is 59.6 Å². The number of carbonyl (C=O) groups is 1. The zero-order valence-corrected chi connectivity index (χ0v) is 27.3. The van der Waals surface area contributed by atoms with Gasteiger partial charge in [-0.3, -0.25) is 9.69 Å². The number of carboxylic acids is 1. The van der Waals surface area contributed by atoms with Crippen LogP contribution in [-0.4, -0.2) is 74.9 Å². The first-order valence-electron chi connectivity index (χ1n) is 15.2. The highest BCUT2D eigenvalue weighted by Crippen LogP contribution is 2.43. The molecule has 2 fully saturated rings. The Morgan fingerprint density at radius 2 is 1.48 bits per heavy atom. The zero-order chi connectivity index (χ0) is 31.3. The molecule has 0 aromatic heterocycles. The summed E-state index contributed by atoms with van der Waals surface area (Å²) in [5, 5.41) is 11.3. The molecule has 3 aromatic carbocycles. The summed E-state index contributed by atoms with van der Waals surface area (Å²) in [6.45, 7) is 5.06. The van der Waals surface area contributed by atoms with Crippen molar-refractivity contribution in [1.29, 1.82) is 0 Å². The Morgan fingerprint density at radius 3 is 2.07 bits per heavy atom. The van der Waals surface area contributed by atoms with Gasteiger partial charge in [-0.05, 0) is 99.2 Å². The van der Waals surface area contributed by atoms with Crippen LogP contribution in [0.1, 0.15) is 48.8 Å². The van der Waals surface area contributed by atoms with E-state index in [2.05, 4.69) is 15.9 Å². The number of ether oxygens (including phenoxy) is 3. The Balaban J connectivity index is 1.28. The number of rotatable bonds is 12. The third-order valence-corrected chi connectivity index (χ3v) is 10.4. The number of hydrogen-bond donors (Lipinski definition) is 1. The molecule has 3 aromatic rings. The molecule has 1 N–H and O–H groups in total. The lowest BCUT2D eigenvalue weighted by Crippen LogP contribution is -2.47. The fourth-order valence-corrected chi connectivity index (χ4v) is 7.47. The van der Waals surface area contributed by atoms with E-state index in [4.69, 9.17) is 37.4 Å². The second-order valence-corrected chi connectivity index (χ2v) is 12.9. The van der Waals surface area contributed by atoms with Crippen molar-refractivity contribution in [3.05, 3.63) is 87.4 Å². The van der Waals surface area contributed by atoms with Gasteiger partial charge in [-0.15, -0.1) is 0 Å². The van der Waals surface area contributed by atoms with Gasteiger partial charge in [0, 0.05) is 18.5 Å². The summed E-state index contributed by atoms with van der Waals surface area (Å²) >= 11 is 12.9. The van der Waals surface area contributed by atoms with Crippen LogP contribution in [0.4, 0.5) is 0 Å². The predicted molar refractivity (Wildman–Crippen MR) is 175 cm³/mol. The topological polar surface area (TPSA) is 71.5 Å². The smallest absolute Gasteiger partial charge is 0.314 e. The number of methoxy groups -OCH3 is 3. The standard InChI is InChI=1S/C35H42Cl2N2O5/c1-42-30-20-25(21-31(43-2)32(30)44-3)23-39-17-13-34(24-39,27-10-11-28(36)29(37)22-27)12-7-16-38-18-14-35(15-19-38,33(40)41)26-8-5-4-6-9-26/h4-6,8-11,20-22H,7,12-19,23-24H2,1-3H3,(H,40,41). The lowest BCUT2D eigenvalue weighted by Gasteiger charge is -2.39. The van der Waals surface area contributed by atoms with Crippen molar-refractivity contribution in [2.24, 2.45) is 0 Å². The zero-order valence-electron chi connectivity index (χ0n) is 25.8. The fraction of sp³-hybridized carbons (Fsp3) is 0.457. The van der Waals surface area contributed by atoms with Gasteiger partial charge in [0.2, 0.25) is 5.75 Å². The summed E-state index contributed by atoms with van der Waals surface area (Å²) < 4.78 is 16.7. The van der Waals surface area contributed by atoms with Crippen LogP contribution in [-0.2, 0) is 22.2 Å². The maximum atomic E-state index is 12.4. The van der Waals surface area contributed by atoms with E-state index in [9.17, 15) is 9.90 Å². The van der Waals surface area contributed by atoms with Crippen LogP contribution in [0.25, 0.3) is 0 Å². The van der Waals surface area contributed by atoms with E-state index in [-0.39, 0.29) is 5.41 Å². The maximum absolute atomic E-state index is 12.4. The van der Waals surface area contributed by atoms with E-state index in [1.54, 1.807) is 21.3 Å². The van der Waals surface area contributed by atoms with Gasteiger partial charge in [-0.25, -0.2) is 0 Å². The fourth-order valence-electron chi connectivity index (χ4n) is 7.17. The molecule has 0 saturated carbocycles. The van der Waals surface area contributed by atoms with Crippen LogP contribution in [0, 0.1) is 0 Å². The number of aliphatic carboxylic acids is 1. The molecule has 0 spiro atoms. The molecule has 1 atom stereocenters. The molecule has 7 nitrogen and oxygen atoms in total. The molecular formula is C35H42Cl2N2O5. The first-order chi connectivity index (χ1) is 21.2. The molecule has 0 radical (unpaired) electrons. The van der Waals surface area contributed by atoms with E-state index >= 15 is 0 Å². The second kappa shape index (κ2) is 14.0. The van der Waals surface area contributed by atoms with E-state index in [1.807, 2.05) is 54.6 Å². The van der Waals surface area contributed by atoms with Gasteiger partial charge in [0.25, 0.3) is 0 Å². The quantitative estimate of drug-likeness (QED) is 0.227. The summed E-state index contributed by atoms with van der Waals surface area (Å²) in [6, 6.07) is 19.8. The minimum absolute atomic E-state index is 0.0699. The summed E-state index contributed by atoms with van der Waals surface area (Å²) in [5.41, 5.74) is 2.34. The average molecular weight is 642 g/mol. The van der Waals surface area contributed by atoms with Crippen molar-refractivity contribution in [3.8, 4) is 17.2 Å². The maximum Gasteiger partial charge on any atom is 0.314 e. The van der Waals surface area contributed by atoms with Gasteiger partial charge < -0.3 is 24.2 Å². The molecule has 44 heavy (non-hydrogen) atoms. The minimum Gasteiger partial charge on any atom is -0.493 e. The Kier molecular flexibility index (Phi) is 10.3. The van der Waals surface area contributed by atoms with Gasteiger partial charge >= 0.3 is 5.97 Å². The SMILES string of the molecule is COc1cc(CN2CCC(CCCN3CCC(C(=O)O)(c4ccccc4)CC3)(c3ccc(Cl)c(Cl)c3)C2)cc(OC)c1OC. The van der Waals surface area contributed by atoms with E-state index in [0.717, 1.165) is 69.7 Å². The molecule has 2 saturated heterocycles. The summed E-state index contributed by atoms with van der Waals surface area (Å²) in [5.74, 6) is 1.17. The van der Waals surface area contributed by atoms with Crippen LogP contribution < -0.4 is 14.2 Å². The second-order valence-electron chi connectivity index (χ2n) is 12.1. The monoisotopic (exact) mass is 640 g/mol. The average Bonchev–Trinajstić information content (AvgIpc) is 3.45. The molecule has 2 heterocycles. The Morgan fingerprint density at radius 1 is 0.818 bits per heavy atom. The molecule has 1 unspecified atom stereocenters. The highest BCUT2D eigenvalue weighted by Gasteiger charge is 2.43. The van der Waals surface area contributed by atoms with Gasteiger partial charge in [0.1, 0.15) is 0 Å². The van der Waals surface area contributed by atoms with Crippen molar-refractivity contribution >= 4 is 29.2 Å². The van der Waals surface area contributed by atoms with Gasteiger partial charge in [0.15, 0.2) is 11.5 Å². The lowest BCUT2D eigenvalue weighted by atomic mass is 9.72. The van der Waals surface area contributed by atoms with Gasteiger partial charge in [-0.2, -0.15) is 0 Å². The Hall–Kier alpha value is -2.97. The third-order valence-electron chi connectivity index (χ3n) is 9.67. The molecule has 236 valence electrons. The highest BCUT2D eigenvalue weighted by molar-refractivity contribution is 6.42. The highest BCUT2D eigenvalue weighted by atomic mass is 35.5. The van der Waals surface area contributed by atoms with Crippen LogP contribution in [0.2, 0.25) is 10.0 Å². The molecule has 2 aliphatic heterocycles. The molecule has 9 heteroatoms.